The molecule has 2 amide bonds. The van der Waals surface area contributed by atoms with Gasteiger partial charge in [-0.05, 0) is 92.4 Å². The second-order valence-electron chi connectivity index (χ2n) is 11.5. The van der Waals surface area contributed by atoms with Gasteiger partial charge in [0.1, 0.15) is 17.0 Å². The summed E-state index contributed by atoms with van der Waals surface area (Å²) >= 11 is 0. The Morgan fingerprint density at radius 2 is 1.49 bits per heavy atom. The van der Waals surface area contributed by atoms with Crippen molar-refractivity contribution < 1.29 is 32.8 Å². The summed E-state index contributed by atoms with van der Waals surface area (Å²) in [5, 5.41) is 5.11. The lowest BCUT2D eigenvalue weighted by molar-refractivity contribution is 0.00578. The van der Waals surface area contributed by atoms with Crippen LogP contribution in [0.3, 0.4) is 0 Å². The molecule has 1 aliphatic heterocycles. The van der Waals surface area contributed by atoms with Crippen LogP contribution in [0.5, 0.6) is 0 Å². The van der Waals surface area contributed by atoms with Crippen molar-refractivity contribution in [1.29, 1.82) is 0 Å². The summed E-state index contributed by atoms with van der Waals surface area (Å²) in [6.45, 7) is 18.2. The van der Waals surface area contributed by atoms with E-state index in [9.17, 15) is 14.0 Å². The van der Waals surface area contributed by atoms with Crippen molar-refractivity contribution in [3.05, 3.63) is 35.1 Å². The van der Waals surface area contributed by atoms with Gasteiger partial charge in [0.2, 0.25) is 0 Å². The summed E-state index contributed by atoms with van der Waals surface area (Å²) in [6, 6.07) is 4.34. The number of benzene rings is 1. The van der Waals surface area contributed by atoms with E-state index in [0.717, 1.165) is 0 Å². The molecule has 1 aromatic carbocycles. The molecule has 0 aliphatic carbocycles. The molecule has 0 atom stereocenters. The summed E-state index contributed by atoms with van der Waals surface area (Å²) in [4.78, 5) is 24.2. The van der Waals surface area contributed by atoms with Crippen molar-refractivity contribution in [3.63, 3.8) is 0 Å². The average Bonchev–Trinajstić information content (AvgIpc) is 2.85. The zero-order valence-electron chi connectivity index (χ0n) is 22.4. The predicted molar refractivity (Wildman–Crippen MR) is 135 cm³/mol. The van der Waals surface area contributed by atoms with Crippen molar-refractivity contribution in [2.75, 3.05) is 11.9 Å². The van der Waals surface area contributed by atoms with Gasteiger partial charge in [0, 0.05) is 6.54 Å². The maximum absolute atomic E-state index is 14.8. The SMILES string of the molecule is CC(C)(C)OC(=O)NCC(=Cc1ccc(NC(=O)OC(C)(C)C)c(F)c1)B1OC(C)(C)C(C)(C)O1. The highest BCUT2D eigenvalue weighted by atomic mass is 19.1. The number of anilines is 1. The first-order chi connectivity index (χ1) is 15.8. The first kappa shape index (κ1) is 28.7. The third-order valence-corrected chi connectivity index (χ3v) is 5.37. The fraction of sp³-hybridized carbons (Fsp3) is 0.600. The van der Waals surface area contributed by atoms with Gasteiger partial charge in [-0.3, -0.25) is 5.32 Å². The van der Waals surface area contributed by atoms with E-state index >= 15 is 0 Å². The van der Waals surface area contributed by atoms with Crippen molar-refractivity contribution in [2.24, 2.45) is 0 Å². The lowest BCUT2D eigenvalue weighted by atomic mass is 9.77. The number of hydrogen-bond acceptors (Lipinski definition) is 6. The van der Waals surface area contributed by atoms with Crippen LogP contribution in [0.4, 0.5) is 19.7 Å². The Labute approximate surface area is 208 Å². The van der Waals surface area contributed by atoms with Crippen LogP contribution in [0.2, 0.25) is 0 Å². The molecule has 35 heavy (non-hydrogen) atoms. The zero-order chi connectivity index (χ0) is 26.8. The smallest absolute Gasteiger partial charge is 0.444 e. The number of carbonyl (C=O) groups excluding carboxylic acids is 2. The van der Waals surface area contributed by atoms with Crippen LogP contribution < -0.4 is 10.6 Å². The van der Waals surface area contributed by atoms with E-state index in [1.54, 1.807) is 53.7 Å². The third kappa shape index (κ3) is 8.54. The molecule has 0 spiro atoms. The molecular formula is C25H38BFN2O6. The maximum atomic E-state index is 14.8. The molecule has 1 saturated heterocycles. The fourth-order valence-corrected chi connectivity index (χ4v) is 3.04. The van der Waals surface area contributed by atoms with Gasteiger partial charge in [-0.15, -0.1) is 0 Å². The van der Waals surface area contributed by atoms with Gasteiger partial charge in [-0.2, -0.15) is 0 Å². The minimum atomic E-state index is -0.766. The highest BCUT2D eigenvalue weighted by molar-refractivity contribution is 6.56. The zero-order valence-corrected chi connectivity index (χ0v) is 22.4. The van der Waals surface area contributed by atoms with Crippen LogP contribution >= 0.6 is 0 Å². The molecule has 0 aromatic heterocycles. The molecule has 0 unspecified atom stereocenters. The van der Waals surface area contributed by atoms with Gasteiger partial charge >= 0.3 is 19.3 Å². The first-order valence-corrected chi connectivity index (χ1v) is 11.6. The lowest BCUT2D eigenvalue weighted by Crippen LogP contribution is -2.41. The molecule has 2 rings (SSSR count). The molecule has 1 fully saturated rings. The molecule has 1 aliphatic rings. The molecule has 0 saturated carbocycles. The number of nitrogens with one attached hydrogen (secondary N) is 2. The van der Waals surface area contributed by atoms with Crippen LogP contribution in [0.25, 0.3) is 6.08 Å². The largest absolute Gasteiger partial charge is 0.492 e. The molecular weight excluding hydrogens is 454 g/mol. The van der Waals surface area contributed by atoms with Crippen LogP contribution in [0.15, 0.2) is 23.7 Å². The van der Waals surface area contributed by atoms with Crippen LogP contribution in [0, 0.1) is 5.82 Å². The van der Waals surface area contributed by atoms with E-state index in [-0.39, 0.29) is 12.2 Å². The van der Waals surface area contributed by atoms with Gasteiger partial charge in [0.15, 0.2) is 0 Å². The summed E-state index contributed by atoms with van der Waals surface area (Å²) in [7, 11) is -0.766. The standard InChI is InChI=1S/C25H38BFN2O6/c1-22(2,3)32-20(30)28-15-17(26-34-24(7,8)25(9,10)35-26)13-16-11-12-19(18(27)14-16)29-21(31)33-23(4,5)6/h11-14H,15H2,1-10H3,(H,28,30)(H,29,31). The van der Waals surface area contributed by atoms with E-state index < -0.39 is 47.5 Å². The lowest BCUT2D eigenvalue weighted by Gasteiger charge is -2.32. The first-order valence-electron chi connectivity index (χ1n) is 11.6. The summed E-state index contributed by atoms with van der Waals surface area (Å²) in [5.41, 5.74) is -1.51. The number of carbonyl (C=O) groups is 2. The number of hydrogen-bond donors (Lipinski definition) is 2. The summed E-state index contributed by atoms with van der Waals surface area (Å²) in [6.07, 6.45) is 0.335. The summed E-state index contributed by atoms with van der Waals surface area (Å²) < 4.78 is 37.5. The molecule has 0 radical (unpaired) electrons. The molecule has 0 bridgehead atoms. The molecule has 8 nitrogen and oxygen atoms in total. The summed E-state index contributed by atoms with van der Waals surface area (Å²) in [5.74, 6) is -0.641. The van der Waals surface area contributed by atoms with E-state index in [1.807, 2.05) is 27.7 Å². The second kappa shape index (κ2) is 10.2. The highest BCUT2D eigenvalue weighted by Gasteiger charge is 2.52. The average molecular weight is 492 g/mol. The molecule has 2 N–H and O–H groups in total. The Bertz CT molecular complexity index is 963. The molecule has 1 aromatic rings. The topological polar surface area (TPSA) is 95.1 Å². The van der Waals surface area contributed by atoms with Gasteiger partial charge in [-0.25, -0.2) is 14.0 Å². The van der Waals surface area contributed by atoms with Gasteiger partial charge in [0.05, 0.1) is 16.9 Å². The Morgan fingerprint density at radius 1 is 0.971 bits per heavy atom. The Balaban J connectivity index is 2.27. The van der Waals surface area contributed by atoms with E-state index in [4.69, 9.17) is 18.8 Å². The number of alkyl carbamates (subject to hydrolysis) is 1. The molecule has 10 heteroatoms. The Hall–Kier alpha value is -2.59. The van der Waals surface area contributed by atoms with Crippen LogP contribution in [-0.4, -0.2) is 48.3 Å². The number of amides is 2. The number of ether oxygens (including phenoxy) is 2. The molecule has 1 heterocycles. The second-order valence-corrected chi connectivity index (χ2v) is 11.5. The van der Waals surface area contributed by atoms with Crippen LogP contribution in [0.1, 0.15) is 74.8 Å². The maximum Gasteiger partial charge on any atom is 0.492 e. The predicted octanol–water partition coefficient (Wildman–Crippen LogP) is 5.71. The monoisotopic (exact) mass is 492 g/mol. The third-order valence-electron chi connectivity index (χ3n) is 5.37. The van der Waals surface area contributed by atoms with Gasteiger partial charge in [-0.1, -0.05) is 12.1 Å². The minimum absolute atomic E-state index is 0.0135. The van der Waals surface area contributed by atoms with E-state index in [1.165, 1.54) is 12.1 Å². The fourth-order valence-electron chi connectivity index (χ4n) is 3.04. The van der Waals surface area contributed by atoms with Gasteiger partial charge in [0.25, 0.3) is 0 Å². The Kier molecular flexibility index (Phi) is 8.34. The Morgan fingerprint density at radius 3 is 1.97 bits per heavy atom. The minimum Gasteiger partial charge on any atom is -0.444 e. The van der Waals surface area contributed by atoms with Crippen LogP contribution in [-0.2, 0) is 18.8 Å². The quantitative estimate of drug-likeness (QED) is 0.511. The van der Waals surface area contributed by atoms with Gasteiger partial charge < -0.3 is 24.1 Å². The van der Waals surface area contributed by atoms with Crippen molar-refractivity contribution in [2.45, 2.75) is 91.6 Å². The number of rotatable bonds is 5. The van der Waals surface area contributed by atoms with Crippen molar-refractivity contribution >= 4 is 31.1 Å². The molecule has 194 valence electrons. The normalized spacial score (nSPS) is 17.7. The van der Waals surface area contributed by atoms with E-state index in [0.29, 0.717) is 11.0 Å². The van der Waals surface area contributed by atoms with Crippen molar-refractivity contribution in [1.82, 2.24) is 5.32 Å². The van der Waals surface area contributed by atoms with Crippen molar-refractivity contribution in [3.8, 4) is 0 Å². The highest BCUT2D eigenvalue weighted by Crippen LogP contribution is 2.38. The number of halogens is 1. The van der Waals surface area contributed by atoms with E-state index in [2.05, 4.69) is 10.6 Å².